The first-order valence-corrected chi connectivity index (χ1v) is 10.6. The van der Waals surface area contributed by atoms with Crippen LogP contribution in [0.3, 0.4) is 0 Å². The number of alkyl halides is 2. The van der Waals surface area contributed by atoms with Crippen molar-refractivity contribution in [3.63, 3.8) is 0 Å². The quantitative estimate of drug-likeness (QED) is 0.621. The number of anilines is 1. The Morgan fingerprint density at radius 3 is 2.53 bits per heavy atom. The molecule has 0 spiro atoms. The summed E-state index contributed by atoms with van der Waals surface area (Å²) >= 11 is 0. The number of hydrogen-bond donors (Lipinski definition) is 0. The van der Waals surface area contributed by atoms with Gasteiger partial charge in [0.15, 0.2) is 5.82 Å². The van der Waals surface area contributed by atoms with Crippen molar-refractivity contribution in [1.82, 2.24) is 29.3 Å². The van der Waals surface area contributed by atoms with Gasteiger partial charge in [0.05, 0.1) is 12.3 Å². The molecule has 0 aromatic carbocycles. The van der Waals surface area contributed by atoms with Crippen LogP contribution in [0.25, 0.3) is 16.6 Å². The number of halogens is 2. The number of rotatable bonds is 4. The lowest BCUT2D eigenvalue weighted by atomic mass is 10.0. The molecule has 0 radical (unpaired) electrons. The lowest BCUT2D eigenvalue weighted by Gasteiger charge is -2.42. The summed E-state index contributed by atoms with van der Waals surface area (Å²) in [5.74, 6) is 0.735. The van der Waals surface area contributed by atoms with E-state index in [1.54, 1.807) is 10.7 Å². The van der Waals surface area contributed by atoms with Gasteiger partial charge in [-0.1, -0.05) is 0 Å². The van der Waals surface area contributed by atoms with Crippen molar-refractivity contribution in [3.05, 3.63) is 31.0 Å². The van der Waals surface area contributed by atoms with Crippen LogP contribution in [0.2, 0.25) is 0 Å². The summed E-state index contributed by atoms with van der Waals surface area (Å²) in [5, 5.41) is 17.4. The largest absolute Gasteiger partial charge is 0.351 e. The smallest absolute Gasteiger partial charge is 0.333 e. The highest BCUT2D eigenvalue weighted by molar-refractivity contribution is 5.89. The summed E-state index contributed by atoms with van der Waals surface area (Å²) in [6, 6.07) is 4.21. The third-order valence-corrected chi connectivity index (χ3v) is 6.91. The average molecular weight is 438 g/mol. The van der Waals surface area contributed by atoms with Crippen LogP contribution in [0, 0.1) is 16.7 Å². The highest BCUT2D eigenvalue weighted by atomic mass is 19.3. The topological polar surface area (TPSA) is 95.3 Å². The molecule has 1 amide bonds. The number of amides is 1. The molecule has 1 saturated carbocycles. The maximum Gasteiger partial charge on any atom is 0.333 e. The molecule has 3 aliphatic rings. The number of carbonyl (C=O) groups excluding carboxylic acids is 1. The highest BCUT2D eigenvalue weighted by Gasteiger charge is 2.56. The molecule has 32 heavy (non-hydrogen) atoms. The first kappa shape index (κ1) is 19.2. The second-order valence-corrected chi connectivity index (χ2v) is 8.83. The Balaban J connectivity index is 1.30. The second kappa shape index (κ2) is 6.72. The van der Waals surface area contributed by atoms with E-state index in [9.17, 15) is 18.8 Å². The highest BCUT2D eigenvalue weighted by Crippen LogP contribution is 2.49. The van der Waals surface area contributed by atoms with Gasteiger partial charge in [-0.25, -0.2) is 14.2 Å². The molecule has 0 N–H and O–H groups in total. The summed E-state index contributed by atoms with van der Waals surface area (Å²) in [7, 11) is 0. The Morgan fingerprint density at radius 1 is 1.16 bits per heavy atom. The SMILES string of the molecule is N#CC1(C(=O)N2C3CCC2CN(c2ncnn4cc(-c5cnn(C(F)F)c5)cc24)C3)CC1. The average Bonchev–Trinajstić information content (AvgIpc) is 3.11. The minimum absolute atomic E-state index is 0.0130. The summed E-state index contributed by atoms with van der Waals surface area (Å²) in [4.78, 5) is 21.7. The van der Waals surface area contributed by atoms with Gasteiger partial charge in [0, 0.05) is 48.7 Å². The molecular weight excluding hydrogens is 418 g/mol. The molecule has 3 fully saturated rings. The summed E-state index contributed by atoms with van der Waals surface area (Å²) in [5.41, 5.74) is 1.26. The molecule has 2 unspecified atom stereocenters. The van der Waals surface area contributed by atoms with Gasteiger partial charge >= 0.3 is 6.55 Å². The molecule has 6 rings (SSSR count). The van der Waals surface area contributed by atoms with E-state index in [1.165, 1.54) is 18.7 Å². The van der Waals surface area contributed by atoms with E-state index in [2.05, 4.69) is 26.2 Å². The van der Waals surface area contributed by atoms with Crippen molar-refractivity contribution >= 4 is 17.2 Å². The maximum absolute atomic E-state index is 13.0. The van der Waals surface area contributed by atoms with Gasteiger partial charge in [-0.05, 0) is 31.7 Å². The molecule has 5 heterocycles. The number of hydrogen-bond acceptors (Lipinski definition) is 6. The third-order valence-electron chi connectivity index (χ3n) is 6.91. The standard InChI is InChI=1S/C21H20F2N8O/c22-20(23)30-8-14(6-26-30)13-5-17-18(25-12-27-29(17)7-13)28-9-15-1-2-16(10-28)31(15)19(32)21(11-24)3-4-21/h5-8,12,15-16,20H,1-4,9-10H2. The van der Waals surface area contributed by atoms with Gasteiger partial charge in [0.25, 0.3) is 0 Å². The normalized spacial score (nSPS) is 23.7. The number of nitrogens with zero attached hydrogens (tertiary/aromatic N) is 8. The van der Waals surface area contributed by atoms with Gasteiger partial charge in [-0.3, -0.25) is 4.79 Å². The Morgan fingerprint density at radius 2 is 1.91 bits per heavy atom. The molecule has 2 aliphatic heterocycles. The molecule has 9 nitrogen and oxygen atoms in total. The third kappa shape index (κ3) is 2.78. The Kier molecular flexibility index (Phi) is 4.02. The zero-order valence-corrected chi connectivity index (χ0v) is 17.1. The fourth-order valence-corrected chi connectivity index (χ4v) is 5.07. The van der Waals surface area contributed by atoms with E-state index in [4.69, 9.17) is 0 Å². The lowest BCUT2D eigenvalue weighted by Crippen LogP contribution is -2.57. The van der Waals surface area contributed by atoms with Crippen LogP contribution in [0.4, 0.5) is 14.6 Å². The van der Waals surface area contributed by atoms with Gasteiger partial charge < -0.3 is 9.80 Å². The monoisotopic (exact) mass is 438 g/mol. The predicted octanol–water partition coefficient (Wildman–Crippen LogP) is 2.47. The van der Waals surface area contributed by atoms with Crippen molar-refractivity contribution in [2.75, 3.05) is 18.0 Å². The van der Waals surface area contributed by atoms with E-state index < -0.39 is 12.0 Å². The molecule has 2 atom stereocenters. The molecule has 2 saturated heterocycles. The molecular formula is C21H20F2N8O. The fraction of sp³-hybridized carbons (Fsp3) is 0.476. The van der Waals surface area contributed by atoms with Crippen LogP contribution in [-0.4, -0.2) is 60.4 Å². The first-order chi connectivity index (χ1) is 15.5. The minimum atomic E-state index is -2.69. The summed E-state index contributed by atoms with van der Waals surface area (Å²) in [6.45, 7) is -1.41. The van der Waals surface area contributed by atoms with E-state index in [-0.39, 0.29) is 18.0 Å². The lowest BCUT2D eigenvalue weighted by molar-refractivity contribution is -0.138. The van der Waals surface area contributed by atoms with Crippen LogP contribution >= 0.6 is 0 Å². The van der Waals surface area contributed by atoms with Crippen molar-refractivity contribution in [3.8, 4) is 17.2 Å². The Labute approximate surface area is 181 Å². The van der Waals surface area contributed by atoms with E-state index in [0.717, 1.165) is 29.7 Å². The van der Waals surface area contributed by atoms with Gasteiger partial charge in [-0.15, -0.1) is 0 Å². The molecule has 3 aromatic heterocycles. The van der Waals surface area contributed by atoms with Gasteiger partial charge in [0.2, 0.25) is 5.91 Å². The molecule has 11 heteroatoms. The van der Waals surface area contributed by atoms with E-state index >= 15 is 0 Å². The van der Waals surface area contributed by atoms with Crippen molar-refractivity contribution < 1.29 is 13.6 Å². The van der Waals surface area contributed by atoms with Crippen LogP contribution in [-0.2, 0) is 4.79 Å². The van der Waals surface area contributed by atoms with Crippen molar-refractivity contribution in [2.45, 2.75) is 44.3 Å². The van der Waals surface area contributed by atoms with Crippen LogP contribution < -0.4 is 4.90 Å². The van der Waals surface area contributed by atoms with Crippen LogP contribution in [0.5, 0.6) is 0 Å². The number of nitriles is 1. The van der Waals surface area contributed by atoms with Crippen LogP contribution in [0.1, 0.15) is 32.2 Å². The Hall–Kier alpha value is -3.55. The van der Waals surface area contributed by atoms with Crippen molar-refractivity contribution in [2.24, 2.45) is 5.41 Å². The van der Waals surface area contributed by atoms with Crippen LogP contribution in [0.15, 0.2) is 31.0 Å². The summed E-state index contributed by atoms with van der Waals surface area (Å²) < 4.78 is 28.1. The zero-order chi connectivity index (χ0) is 22.0. The Bertz CT molecular complexity index is 1240. The van der Waals surface area contributed by atoms with E-state index in [0.29, 0.717) is 36.2 Å². The maximum atomic E-state index is 13.0. The second-order valence-electron chi connectivity index (χ2n) is 8.83. The number of carbonyl (C=O) groups is 1. The number of fused-ring (bicyclic) bond motifs is 3. The zero-order valence-electron chi connectivity index (χ0n) is 17.1. The minimum Gasteiger partial charge on any atom is -0.351 e. The predicted molar refractivity (Wildman–Crippen MR) is 109 cm³/mol. The van der Waals surface area contributed by atoms with Gasteiger partial charge in [-0.2, -0.15) is 24.2 Å². The summed E-state index contributed by atoms with van der Waals surface area (Å²) in [6.07, 6.45) is 9.09. The van der Waals surface area contributed by atoms with E-state index in [1.807, 2.05) is 11.0 Å². The molecule has 164 valence electrons. The molecule has 1 aliphatic carbocycles. The molecule has 3 aromatic rings. The molecule has 2 bridgehead atoms. The number of aromatic nitrogens is 5. The fourth-order valence-electron chi connectivity index (χ4n) is 5.07. The van der Waals surface area contributed by atoms with Crippen molar-refractivity contribution in [1.29, 1.82) is 5.26 Å². The first-order valence-electron chi connectivity index (χ1n) is 10.6. The van der Waals surface area contributed by atoms with Gasteiger partial charge in [0.1, 0.15) is 17.3 Å². The number of piperazine rings is 1.